The number of hydrogen-bond acceptors (Lipinski definition) is 5. The van der Waals surface area contributed by atoms with Crippen LogP contribution in [0.15, 0.2) is 42.0 Å². The Bertz CT molecular complexity index is 830. The summed E-state index contributed by atoms with van der Waals surface area (Å²) in [4.78, 5) is 12.9. The van der Waals surface area contributed by atoms with Crippen molar-refractivity contribution in [3.63, 3.8) is 0 Å². The molecule has 3 rings (SSSR count). The van der Waals surface area contributed by atoms with E-state index in [1.807, 2.05) is 26.0 Å². The van der Waals surface area contributed by atoms with Gasteiger partial charge in [0.2, 0.25) is 0 Å². The molecule has 0 fully saturated rings. The number of aliphatic hydroxyl groups is 1. The third-order valence-electron chi connectivity index (χ3n) is 4.96. The van der Waals surface area contributed by atoms with Gasteiger partial charge in [-0.25, -0.2) is 0 Å². The highest BCUT2D eigenvalue weighted by Gasteiger charge is 2.32. The van der Waals surface area contributed by atoms with Crippen LogP contribution in [-0.2, 0) is 6.42 Å². The first-order valence-electron chi connectivity index (χ1n) is 9.19. The van der Waals surface area contributed by atoms with Crippen molar-refractivity contribution < 1.29 is 24.5 Å². The molecular formula is C22H26O5. The summed E-state index contributed by atoms with van der Waals surface area (Å²) in [5.74, 6) is 0.686. The molecule has 0 saturated heterocycles. The smallest absolute Gasteiger partial charge is 0.170 e. The zero-order valence-corrected chi connectivity index (χ0v) is 16.0. The van der Waals surface area contributed by atoms with Crippen molar-refractivity contribution in [3.05, 3.63) is 53.1 Å². The number of benzene rings is 1. The van der Waals surface area contributed by atoms with Gasteiger partial charge in [0, 0.05) is 18.1 Å². The quantitative estimate of drug-likeness (QED) is 0.769. The number of ether oxygens (including phenoxy) is 2. The second-order valence-electron chi connectivity index (χ2n) is 7.54. The normalized spacial score (nSPS) is 20.3. The number of carbonyl (C=O) groups excluding carboxylic acids is 1. The molecule has 1 atom stereocenters. The molecule has 1 heterocycles. The summed E-state index contributed by atoms with van der Waals surface area (Å²) >= 11 is 0. The maximum atomic E-state index is 12.9. The first-order chi connectivity index (χ1) is 12.8. The van der Waals surface area contributed by atoms with Gasteiger partial charge in [-0.1, -0.05) is 30.4 Å². The molecule has 1 aliphatic heterocycles. The third-order valence-corrected chi connectivity index (χ3v) is 4.96. The summed E-state index contributed by atoms with van der Waals surface area (Å²) in [6, 6.07) is 1.70. The Labute approximate surface area is 159 Å². The lowest BCUT2D eigenvalue weighted by Gasteiger charge is -2.33. The van der Waals surface area contributed by atoms with Crippen LogP contribution < -0.4 is 9.47 Å². The minimum atomic E-state index is -0.608. The van der Waals surface area contributed by atoms with Crippen molar-refractivity contribution in [2.45, 2.75) is 51.2 Å². The van der Waals surface area contributed by atoms with E-state index in [1.54, 1.807) is 24.3 Å². The van der Waals surface area contributed by atoms with Crippen molar-refractivity contribution in [3.8, 4) is 17.2 Å². The van der Waals surface area contributed by atoms with Crippen LogP contribution in [0.3, 0.4) is 0 Å². The lowest BCUT2D eigenvalue weighted by Crippen LogP contribution is -2.32. The third kappa shape index (κ3) is 4.25. The van der Waals surface area contributed by atoms with E-state index in [-0.39, 0.29) is 29.1 Å². The van der Waals surface area contributed by atoms with Crippen molar-refractivity contribution in [2.75, 3.05) is 7.11 Å². The van der Waals surface area contributed by atoms with Crippen LogP contribution in [0.5, 0.6) is 17.2 Å². The molecule has 0 bridgehead atoms. The van der Waals surface area contributed by atoms with Gasteiger partial charge in [0.15, 0.2) is 5.78 Å². The standard InChI is InChI=1S/C22H26O5/c1-22(2)12-11-16-18(27-22)13-19(26-3)20(21(16)25)17(24)10-8-14-5-4-6-15(23)9-7-14/h4-7,9,13,15,23,25H,8,10-12H2,1-3H3. The molecule has 27 heavy (non-hydrogen) atoms. The minimum Gasteiger partial charge on any atom is -0.507 e. The second kappa shape index (κ2) is 7.61. The van der Waals surface area contributed by atoms with E-state index in [0.29, 0.717) is 29.9 Å². The van der Waals surface area contributed by atoms with Crippen molar-refractivity contribution in [1.29, 1.82) is 0 Å². The number of aromatic hydroxyl groups is 1. The highest BCUT2D eigenvalue weighted by Crippen LogP contribution is 2.44. The maximum Gasteiger partial charge on any atom is 0.170 e. The summed E-state index contributed by atoms with van der Waals surface area (Å²) in [6.45, 7) is 4.00. The highest BCUT2D eigenvalue weighted by atomic mass is 16.5. The maximum absolute atomic E-state index is 12.9. The highest BCUT2D eigenvalue weighted by molar-refractivity contribution is 6.02. The molecule has 1 aromatic rings. The molecule has 1 aliphatic carbocycles. The van der Waals surface area contributed by atoms with E-state index < -0.39 is 6.10 Å². The lowest BCUT2D eigenvalue weighted by molar-refractivity contribution is 0.0830. The van der Waals surface area contributed by atoms with E-state index in [4.69, 9.17) is 9.47 Å². The first kappa shape index (κ1) is 19.2. The van der Waals surface area contributed by atoms with Crippen molar-refractivity contribution >= 4 is 5.78 Å². The number of methoxy groups -OCH3 is 1. The predicted octanol–water partition coefficient (Wildman–Crippen LogP) is 3.88. The summed E-state index contributed by atoms with van der Waals surface area (Å²) in [5, 5.41) is 20.3. The van der Waals surface area contributed by atoms with Gasteiger partial charge in [-0.3, -0.25) is 4.79 Å². The van der Waals surface area contributed by atoms with Gasteiger partial charge < -0.3 is 19.7 Å². The van der Waals surface area contributed by atoms with Gasteiger partial charge in [-0.05, 0) is 38.7 Å². The molecule has 0 aromatic heterocycles. The Morgan fingerprint density at radius 2 is 2.15 bits per heavy atom. The fraction of sp³-hybridized carbons (Fsp3) is 0.409. The Morgan fingerprint density at radius 1 is 1.37 bits per heavy atom. The number of allylic oxidation sites excluding steroid dienone is 4. The van der Waals surface area contributed by atoms with Crippen LogP contribution >= 0.6 is 0 Å². The monoisotopic (exact) mass is 370 g/mol. The molecule has 2 N–H and O–H groups in total. The molecule has 0 saturated carbocycles. The molecule has 2 aliphatic rings. The van der Waals surface area contributed by atoms with Gasteiger partial charge in [0.05, 0.1) is 13.2 Å². The molecule has 144 valence electrons. The van der Waals surface area contributed by atoms with E-state index >= 15 is 0 Å². The van der Waals surface area contributed by atoms with E-state index in [1.165, 1.54) is 7.11 Å². The van der Waals surface area contributed by atoms with Gasteiger partial charge in [-0.15, -0.1) is 0 Å². The molecule has 0 radical (unpaired) electrons. The van der Waals surface area contributed by atoms with E-state index in [0.717, 1.165) is 12.0 Å². The fourth-order valence-electron chi connectivity index (χ4n) is 3.38. The summed E-state index contributed by atoms with van der Waals surface area (Å²) in [7, 11) is 1.48. The van der Waals surface area contributed by atoms with Crippen LogP contribution in [0.1, 0.15) is 49.0 Å². The minimum absolute atomic E-state index is 0.0365. The number of hydrogen-bond donors (Lipinski definition) is 2. The number of carbonyl (C=O) groups is 1. The molecule has 0 spiro atoms. The van der Waals surface area contributed by atoms with Crippen LogP contribution in [0.4, 0.5) is 0 Å². The summed E-state index contributed by atoms with van der Waals surface area (Å²) in [6.07, 6.45) is 10.4. The number of rotatable bonds is 5. The molecular weight excluding hydrogens is 344 g/mol. The SMILES string of the molecule is COc1cc2c(c(O)c1C(=O)CCC1=CC=CC(O)C=C1)CCC(C)(C)O2. The molecule has 1 unspecified atom stereocenters. The van der Waals surface area contributed by atoms with Gasteiger partial charge in [0.25, 0.3) is 0 Å². The lowest BCUT2D eigenvalue weighted by atomic mass is 9.90. The Kier molecular flexibility index (Phi) is 5.42. The predicted molar refractivity (Wildman–Crippen MR) is 104 cm³/mol. The number of phenols is 1. The second-order valence-corrected chi connectivity index (χ2v) is 7.54. The average molecular weight is 370 g/mol. The Morgan fingerprint density at radius 3 is 2.89 bits per heavy atom. The van der Waals surface area contributed by atoms with E-state index in [9.17, 15) is 15.0 Å². The van der Waals surface area contributed by atoms with Crippen LogP contribution in [-0.4, -0.2) is 34.8 Å². The molecule has 5 heteroatoms. The number of fused-ring (bicyclic) bond motifs is 1. The molecule has 5 nitrogen and oxygen atoms in total. The fourth-order valence-corrected chi connectivity index (χ4v) is 3.38. The van der Waals surface area contributed by atoms with Crippen molar-refractivity contribution in [1.82, 2.24) is 0 Å². The number of phenolic OH excluding ortho intramolecular Hbond substituents is 1. The van der Waals surface area contributed by atoms with Crippen LogP contribution in [0.2, 0.25) is 0 Å². The average Bonchev–Trinajstić information content (AvgIpc) is 2.82. The number of ketones is 1. The van der Waals surface area contributed by atoms with Gasteiger partial charge in [-0.2, -0.15) is 0 Å². The first-order valence-corrected chi connectivity index (χ1v) is 9.19. The molecule has 0 amide bonds. The number of aliphatic hydroxyl groups excluding tert-OH is 1. The van der Waals surface area contributed by atoms with Crippen LogP contribution in [0, 0.1) is 0 Å². The van der Waals surface area contributed by atoms with Gasteiger partial charge in [0.1, 0.15) is 28.4 Å². The van der Waals surface area contributed by atoms with Gasteiger partial charge >= 0.3 is 0 Å². The largest absolute Gasteiger partial charge is 0.507 e. The van der Waals surface area contributed by atoms with Crippen molar-refractivity contribution in [2.24, 2.45) is 0 Å². The summed E-state index contributed by atoms with van der Waals surface area (Å²) < 4.78 is 11.3. The topological polar surface area (TPSA) is 76.0 Å². The number of Topliss-reactive ketones (excluding diaryl/α,β-unsaturated/α-hetero) is 1. The van der Waals surface area contributed by atoms with Crippen LogP contribution in [0.25, 0.3) is 0 Å². The zero-order valence-electron chi connectivity index (χ0n) is 16.0. The van der Waals surface area contributed by atoms with E-state index in [2.05, 4.69) is 0 Å². The molecule has 1 aromatic carbocycles. The zero-order chi connectivity index (χ0) is 19.6. The summed E-state index contributed by atoms with van der Waals surface area (Å²) in [5.41, 5.74) is 1.51. The Hall–Kier alpha value is -2.53. The Balaban J connectivity index is 1.83.